The summed E-state index contributed by atoms with van der Waals surface area (Å²) in [5.41, 5.74) is 3.08. The lowest BCUT2D eigenvalue weighted by molar-refractivity contribution is 0.0600. The van der Waals surface area contributed by atoms with Crippen molar-refractivity contribution in [1.82, 2.24) is 0 Å². The Morgan fingerprint density at radius 3 is 2.55 bits per heavy atom. The maximum absolute atomic E-state index is 13.9. The smallest absolute Gasteiger partial charge is 0.337 e. The highest BCUT2D eigenvalue weighted by atomic mass is 19.1. The van der Waals surface area contributed by atoms with Crippen molar-refractivity contribution in [2.45, 2.75) is 26.5 Å². The molecule has 2 amide bonds. The molecule has 0 aliphatic carbocycles. The fourth-order valence-electron chi connectivity index (χ4n) is 3.70. The highest BCUT2D eigenvalue weighted by molar-refractivity contribution is 6.05. The molecule has 3 aromatic carbocycles. The molecule has 0 spiro atoms. The van der Waals surface area contributed by atoms with Gasteiger partial charge in [-0.3, -0.25) is 4.90 Å². The molecule has 3 aromatic rings. The van der Waals surface area contributed by atoms with E-state index in [0.29, 0.717) is 29.1 Å². The summed E-state index contributed by atoms with van der Waals surface area (Å²) >= 11 is 0. The van der Waals surface area contributed by atoms with Crippen LogP contribution in [0, 0.1) is 11.6 Å². The third-order valence-corrected chi connectivity index (χ3v) is 5.52. The number of amides is 2. The molecule has 33 heavy (non-hydrogen) atoms. The van der Waals surface area contributed by atoms with Gasteiger partial charge in [0.15, 0.2) is 0 Å². The third-order valence-electron chi connectivity index (χ3n) is 5.52. The number of fused-ring (bicyclic) bond motifs is 1. The molecule has 1 aliphatic rings. The molecule has 0 atom stereocenters. The number of hydrogen-bond donors (Lipinski definition) is 1. The van der Waals surface area contributed by atoms with Crippen molar-refractivity contribution in [2.24, 2.45) is 0 Å². The quantitative estimate of drug-likeness (QED) is 0.506. The molecule has 0 unspecified atom stereocenters. The summed E-state index contributed by atoms with van der Waals surface area (Å²) in [5.74, 6) is -1.47. The van der Waals surface area contributed by atoms with E-state index in [9.17, 15) is 18.4 Å². The highest BCUT2D eigenvalue weighted by Gasteiger charge is 2.26. The summed E-state index contributed by atoms with van der Waals surface area (Å²) in [5, 5.41) is 2.81. The summed E-state index contributed by atoms with van der Waals surface area (Å²) in [7, 11) is 1.30. The van der Waals surface area contributed by atoms with Gasteiger partial charge in [0.05, 0.1) is 30.5 Å². The van der Waals surface area contributed by atoms with Crippen molar-refractivity contribution < 1.29 is 27.8 Å². The number of rotatable bonds is 6. The number of nitrogens with zero attached hydrogens (tertiary/aromatic N) is 1. The SMILES string of the molecule is CCc1ccc(OCc2c(F)cccc2F)cc1N1Cc2ccc(C(=O)OC)cc2NC1=O. The summed E-state index contributed by atoms with van der Waals surface area (Å²) in [6, 6.07) is 13.5. The molecule has 4 rings (SSSR count). The van der Waals surface area contributed by atoms with Crippen molar-refractivity contribution in [3.05, 3.63) is 88.5 Å². The number of hydrogen-bond acceptors (Lipinski definition) is 4. The van der Waals surface area contributed by atoms with Crippen LogP contribution in [0.2, 0.25) is 0 Å². The van der Waals surface area contributed by atoms with Gasteiger partial charge in [-0.2, -0.15) is 0 Å². The van der Waals surface area contributed by atoms with E-state index in [-0.39, 0.29) is 24.7 Å². The number of aryl methyl sites for hydroxylation is 1. The number of halogens is 2. The lowest BCUT2D eigenvalue weighted by Gasteiger charge is -2.31. The van der Waals surface area contributed by atoms with Gasteiger partial charge in [-0.05, 0) is 47.9 Å². The first-order chi connectivity index (χ1) is 15.9. The lowest BCUT2D eigenvalue weighted by atomic mass is 10.0. The fourth-order valence-corrected chi connectivity index (χ4v) is 3.70. The predicted molar refractivity (Wildman–Crippen MR) is 119 cm³/mol. The van der Waals surface area contributed by atoms with E-state index in [0.717, 1.165) is 11.1 Å². The number of benzene rings is 3. The van der Waals surface area contributed by atoms with Gasteiger partial charge in [-0.1, -0.05) is 25.1 Å². The molecular formula is C25H22F2N2O4. The predicted octanol–water partition coefficient (Wildman–Crippen LogP) is 5.44. The molecule has 0 fully saturated rings. The van der Waals surface area contributed by atoms with Gasteiger partial charge < -0.3 is 14.8 Å². The maximum atomic E-state index is 13.9. The van der Waals surface area contributed by atoms with Crippen LogP contribution in [0.3, 0.4) is 0 Å². The lowest BCUT2D eigenvalue weighted by Crippen LogP contribution is -2.39. The first-order valence-corrected chi connectivity index (χ1v) is 10.4. The fraction of sp³-hybridized carbons (Fsp3) is 0.200. The van der Waals surface area contributed by atoms with Gasteiger partial charge in [-0.25, -0.2) is 18.4 Å². The van der Waals surface area contributed by atoms with E-state index in [2.05, 4.69) is 5.32 Å². The molecular weight excluding hydrogens is 430 g/mol. The summed E-state index contributed by atoms with van der Waals surface area (Å²) in [6.45, 7) is 1.96. The number of urea groups is 1. The van der Waals surface area contributed by atoms with Crippen molar-refractivity contribution in [3.8, 4) is 5.75 Å². The second kappa shape index (κ2) is 9.28. The molecule has 170 valence electrons. The minimum Gasteiger partial charge on any atom is -0.489 e. The molecule has 0 saturated carbocycles. The Hall–Kier alpha value is -3.94. The average Bonchev–Trinajstić information content (AvgIpc) is 2.82. The molecule has 0 bridgehead atoms. The molecule has 8 heteroatoms. The van der Waals surface area contributed by atoms with Crippen LogP contribution < -0.4 is 15.0 Å². The van der Waals surface area contributed by atoms with E-state index in [1.807, 2.05) is 13.0 Å². The molecule has 0 radical (unpaired) electrons. The summed E-state index contributed by atoms with van der Waals surface area (Å²) in [6.07, 6.45) is 0.662. The van der Waals surface area contributed by atoms with E-state index in [4.69, 9.17) is 9.47 Å². The largest absolute Gasteiger partial charge is 0.489 e. The van der Waals surface area contributed by atoms with Crippen molar-refractivity contribution >= 4 is 23.4 Å². The van der Waals surface area contributed by atoms with Gasteiger partial charge in [0.2, 0.25) is 0 Å². The second-order valence-electron chi connectivity index (χ2n) is 7.51. The van der Waals surface area contributed by atoms with Crippen LogP contribution in [0.1, 0.15) is 34.0 Å². The molecule has 6 nitrogen and oxygen atoms in total. The van der Waals surface area contributed by atoms with Crippen LogP contribution in [0.15, 0.2) is 54.6 Å². The zero-order valence-electron chi connectivity index (χ0n) is 18.2. The zero-order valence-corrected chi connectivity index (χ0v) is 18.2. The minimum absolute atomic E-state index is 0.162. The Balaban J connectivity index is 1.60. The number of anilines is 2. The molecule has 1 N–H and O–H groups in total. The van der Waals surface area contributed by atoms with Crippen molar-refractivity contribution in [3.63, 3.8) is 0 Å². The summed E-state index contributed by atoms with van der Waals surface area (Å²) in [4.78, 5) is 26.3. The average molecular weight is 452 g/mol. The van der Waals surface area contributed by atoms with Crippen molar-refractivity contribution in [1.29, 1.82) is 0 Å². The first kappa shape index (κ1) is 22.3. The normalized spacial score (nSPS) is 12.7. The Kier molecular flexibility index (Phi) is 6.26. The van der Waals surface area contributed by atoms with Gasteiger partial charge >= 0.3 is 12.0 Å². The van der Waals surface area contributed by atoms with Crippen LogP contribution in [0.5, 0.6) is 5.75 Å². The maximum Gasteiger partial charge on any atom is 0.337 e. The number of carbonyl (C=O) groups excluding carboxylic acids is 2. The number of nitrogens with one attached hydrogen (secondary N) is 1. The second-order valence-corrected chi connectivity index (χ2v) is 7.51. The zero-order chi connectivity index (χ0) is 23.5. The van der Waals surface area contributed by atoms with E-state index >= 15 is 0 Å². The molecule has 0 aromatic heterocycles. The van der Waals surface area contributed by atoms with Crippen LogP contribution >= 0.6 is 0 Å². The Bertz CT molecular complexity index is 1210. The van der Waals surface area contributed by atoms with Crippen LogP contribution in [0.4, 0.5) is 25.0 Å². The van der Waals surface area contributed by atoms with Crippen LogP contribution in [-0.2, 0) is 24.3 Å². The van der Waals surface area contributed by atoms with Crippen LogP contribution in [0.25, 0.3) is 0 Å². The number of esters is 1. The standard InChI is InChI=1S/C25H22F2N2O4/c1-3-15-9-10-18(33-14-19-20(26)5-4-6-21(19)27)12-23(15)29-13-17-8-7-16(24(30)32-2)11-22(17)28-25(29)31/h4-12H,3,13-14H2,1-2H3,(H,28,31). The minimum atomic E-state index is -0.682. The third kappa shape index (κ3) is 4.50. The molecule has 1 aliphatic heterocycles. The number of methoxy groups -OCH3 is 1. The monoisotopic (exact) mass is 452 g/mol. The van der Waals surface area contributed by atoms with Gasteiger partial charge in [-0.15, -0.1) is 0 Å². The Labute approximate surface area is 189 Å². The summed E-state index contributed by atoms with van der Waals surface area (Å²) < 4.78 is 38.2. The van der Waals surface area contributed by atoms with Crippen molar-refractivity contribution in [2.75, 3.05) is 17.3 Å². The molecule has 1 heterocycles. The Morgan fingerprint density at radius 2 is 1.85 bits per heavy atom. The highest BCUT2D eigenvalue weighted by Crippen LogP contribution is 2.33. The van der Waals surface area contributed by atoms with Gasteiger partial charge in [0.1, 0.15) is 24.0 Å². The van der Waals surface area contributed by atoms with Crippen LogP contribution in [-0.4, -0.2) is 19.1 Å². The number of carbonyl (C=O) groups is 2. The van der Waals surface area contributed by atoms with Gasteiger partial charge in [0, 0.05) is 11.8 Å². The first-order valence-electron chi connectivity index (χ1n) is 10.4. The molecule has 0 saturated heterocycles. The van der Waals surface area contributed by atoms with E-state index in [1.165, 1.54) is 25.3 Å². The van der Waals surface area contributed by atoms with E-state index < -0.39 is 17.6 Å². The Morgan fingerprint density at radius 1 is 1.09 bits per heavy atom. The topological polar surface area (TPSA) is 67.9 Å². The van der Waals surface area contributed by atoms with Gasteiger partial charge in [0.25, 0.3) is 0 Å². The number of ether oxygens (including phenoxy) is 2. The van der Waals surface area contributed by atoms with E-state index in [1.54, 1.807) is 35.2 Å².